The lowest BCUT2D eigenvalue weighted by molar-refractivity contribution is 0.0994. The maximum atomic E-state index is 14.0. The van der Waals surface area contributed by atoms with Gasteiger partial charge in [0, 0.05) is 44.1 Å². The molecule has 0 fully saturated rings. The normalized spacial score (nSPS) is 11.6. The zero-order valence-corrected chi connectivity index (χ0v) is 19.7. The summed E-state index contributed by atoms with van der Waals surface area (Å²) in [6.07, 6.45) is 5.12. The third-order valence-corrected chi connectivity index (χ3v) is 6.02. The van der Waals surface area contributed by atoms with E-state index in [1.54, 1.807) is 36.9 Å². The Hall–Kier alpha value is -3.56. The molecule has 0 saturated heterocycles. The largest absolute Gasteiger partial charge is 0.383 e. The summed E-state index contributed by atoms with van der Waals surface area (Å²) in [4.78, 5) is 23.2. The number of aryl methyl sites for hydroxylation is 1. The first-order chi connectivity index (χ1) is 16.4. The summed E-state index contributed by atoms with van der Waals surface area (Å²) in [7, 11) is 1.70. The molecule has 0 unspecified atom stereocenters. The Morgan fingerprint density at radius 1 is 1.18 bits per heavy atom. The number of hydrogen-bond acceptors (Lipinski definition) is 5. The van der Waals surface area contributed by atoms with Crippen molar-refractivity contribution in [2.75, 3.05) is 33.4 Å². The maximum absolute atomic E-state index is 14.0. The van der Waals surface area contributed by atoms with E-state index < -0.39 is 5.91 Å². The second-order valence-electron chi connectivity index (χ2n) is 8.18. The Morgan fingerprint density at radius 2 is 1.97 bits per heavy atom. The van der Waals surface area contributed by atoms with E-state index in [0.29, 0.717) is 30.1 Å². The average molecular weight is 465 g/mol. The Morgan fingerprint density at radius 3 is 2.68 bits per heavy atom. The number of pyridine rings is 1. The summed E-state index contributed by atoms with van der Waals surface area (Å²) in [6, 6.07) is 8.78. The molecule has 4 rings (SSSR count). The fourth-order valence-electron chi connectivity index (χ4n) is 4.06. The van der Waals surface area contributed by atoms with Gasteiger partial charge in [-0.25, -0.2) is 14.4 Å². The number of nitrogens with zero attached hydrogens (tertiary/aromatic N) is 5. The van der Waals surface area contributed by atoms with Crippen molar-refractivity contribution in [2.45, 2.75) is 20.4 Å². The summed E-state index contributed by atoms with van der Waals surface area (Å²) in [6.45, 7) is 7.77. The molecule has 0 aliphatic carbocycles. The number of aromatic nitrogens is 4. The summed E-state index contributed by atoms with van der Waals surface area (Å²) in [5.41, 5.74) is 10.3. The molecule has 0 bridgehead atoms. The molecule has 0 radical (unpaired) electrons. The molecule has 9 heteroatoms. The third-order valence-electron chi connectivity index (χ3n) is 6.02. The number of carbonyl (C=O) groups excluding carboxylic acids is 1. The molecule has 4 aromatic rings. The molecule has 8 nitrogen and oxygen atoms in total. The van der Waals surface area contributed by atoms with Crippen LogP contribution in [0.3, 0.4) is 0 Å². The van der Waals surface area contributed by atoms with Crippen molar-refractivity contribution in [2.24, 2.45) is 5.73 Å². The number of ether oxygens (including phenoxy) is 1. The number of nitrogens with two attached hydrogens (primary N) is 1. The van der Waals surface area contributed by atoms with Crippen LogP contribution in [0.4, 0.5) is 4.39 Å². The van der Waals surface area contributed by atoms with Gasteiger partial charge in [0.05, 0.1) is 30.5 Å². The number of imidazole rings is 2. The van der Waals surface area contributed by atoms with Gasteiger partial charge in [-0.05, 0) is 49.4 Å². The van der Waals surface area contributed by atoms with Crippen LogP contribution < -0.4 is 5.73 Å². The predicted molar refractivity (Wildman–Crippen MR) is 129 cm³/mol. The molecule has 0 saturated carbocycles. The minimum Gasteiger partial charge on any atom is -0.383 e. The lowest BCUT2D eigenvalue weighted by Crippen LogP contribution is -2.30. The van der Waals surface area contributed by atoms with E-state index >= 15 is 0 Å². The Balaban J connectivity index is 1.80. The van der Waals surface area contributed by atoms with Crippen molar-refractivity contribution in [3.05, 3.63) is 66.1 Å². The molecule has 34 heavy (non-hydrogen) atoms. The van der Waals surface area contributed by atoms with Crippen LogP contribution in [-0.2, 0) is 11.3 Å². The molecule has 1 amide bonds. The van der Waals surface area contributed by atoms with E-state index in [-0.39, 0.29) is 5.82 Å². The number of benzene rings is 1. The zero-order chi connectivity index (χ0) is 24.2. The van der Waals surface area contributed by atoms with E-state index in [4.69, 9.17) is 15.5 Å². The number of primary amides is 1. The minimum absolute atomic E-state index is 0.257. The van der Waals surface area contributed by atoms with Gasteiger partial charge in [-0.1, -0.05) is 6.92 Å². The molecular formula is C25H29FN6O2. The van der Waals surface area contributed by atoms with Crippen molar-refractivity contribution in [3.8, 4) is 22.5 Å². The number of halogens is 1. The molecule has 3 aromatic heterocycles. The van der Waals surface area contributed by atoms with Gasteiger partial charge in [0.15, 0.2) is 0 Å². The van der Waals surface area contributed by atoms with Gasteiger partial charge in [0.1, 0.15) is 17.2 Å². The summed E-state index contributed by atoms with van der Waals surface area (Å²) < 4.78 is 23.0. The van der Waals surface area contributed by atoms with Crippen LogP contribution in [0.15, 0.2) is 49.1 Å². The molecule has 0 atom stereocenters. The van der Waals surface area contributed by atoms with Gasteiger partial charge in [-0.15, -0.1) is 0 Å². The fraction of sp³-hybridized carbons (Fsp3) is 0.320. The Labute approximate surface area is 197 Å². The van der Waals surface area contributed by atoms with E-state index in [0.717, 1.165) is 42.1 Å². The molecular weight excluding hydrogens is 435 g/mol. The standard InChI is InChI=1S/C25H29FN6O2/c1-4-30(11-12-34-3)9-10-31-16-29-23(18-5-7-20(26)17(2)13-18)24(31)19-6-8-22-28-14-21(25(27)33)32(22)15-19/h5-8,13-16H,4,9-12H2,1-3H3,(H2,27,33). The molecule has 1 aromatic carbocycles. The van der Waals surface area contributed by atoms with Crippen molar-refractivity contribution in [1.82, 2.24) is 23.8 Å². The van der Waals surface area contributed by atoms with Crippen LogP contribution in [0.1, 0.15) is 23.0 Å². The highest BCUT2D eigenvalue weighted by atomic mass is 19.1. The molecule has 0 aliphatic heterocycles. The lowest BCUT2D eigenvalue weighted by atomic mass is 10.0. The second kappa shape index (κ2) is 10.1. The van der Waals surface area contributed by atoms with Crippen LogP contribution in [-0.4, -0.2) is 63.1 Å². The fourth-order valence-corrected chi connectivity index (χ4v) is 4.06. The maximum Gasteiger partial charge on any atom is 0.267 e. The van der Waals surface area contributed by atoms with Crippen LogP contribution in [0.5, 0.6) is 0 Å². The predicted octanol–water partition coefficient (Wildman–Crippen LogP) is 3.38. The average Bonchev–Trinajstić information content (AvgIpc) is 3.45. The topological polar surface area (TPSA) is 90.7 Å². The van der Waals surface area contributed by atoms with Crippen molar-refractivity contribution in [1.29, 1.82) is 0 Å². The smallest absolute Gasteiger partial charge is 0.267 e. The third kappa shape index (κ3) is 4.71. The number of carbonyl (C=O) groups is 1. The lowest BCUT2D eigenvalue weighted by Gasteiger charge is -2.21. The second-order valence-corrected chi connectivity index (χ2v) is 8.18. The van der Waals surface area contributed by atoms with Gasteiger partial charge in [-0.3, -0.25) is 14.1 Å². The molecule has 0 aliphatic rings. The number of hydrogen-bond donors (Lipinski definition) is 1. The van der Waals surface area contributed by atoms with E-state index in [1.807, 2.05) is 18.3 Å². The van der Waals surface area contributed by atoms with Crippen molar-refractivity contribution < 1.29 is 13.9 Å². The van der Waals surface area contributed by atoms with Gasteiger partial charge >= 0.3 is 0 Å². The van der Waals surface area contributed by atoms with Crippen LogP contribution in [0.25, 0.3) is 28.2 Å². The highest BCUT2D eigenvalue weighted by Crippen LogP contribution is 2.32. The molecule has 3 heterocycles. The minimum atomic E-state index is -0.552. The van der Waals surface area contributed by atoms with Gasteiger partial charge < -0.3 is 15.0 Å². The number of likely N-dealkylation sites (N-methyl/N-ethyl adjacent to an activating group) is 1. The number of amides is 1. The Bertz CT molecular complexity index is 1310. The van der Waals surface area contributed by atoms with E-state index in [2.05, 4.69) is 21.4 Å². The number of fused-ring (bicyclic) bond motifs is 1. The van der Waals surface area contributed by atoms with E-state index in [9.17, 15) is 9.18 Å². The van der Waals surface area contributed by atoms with Gasteiger partial charge in [0.25, 0.3) is 5.91 Å². The highest BCUT2D eigenvalue weighted by Gasteiger charge is 2.18. The van der Waals surface area contributed by atoms with Crippen LogP contribution in [0.2, 0.25) is 0 Å². The van der Waals surface area contributed by atoms with Crippen molar-refractivity contribution in [3.63, 3.8) is 0 Å². The first kappa shape index (κ1) is 23.6. The quantitative estimate of drug-likeness (QED) is 0.389. The monoisotopic (exact) mass is 464 g/mol. The van der Waals surface area contributed by atoms with Crippen LogP contribution >= 0.6 is 0 Å². The number of methoxy groups -OCH3 is 1. The van der Waals surface area contributed by atoms with Crippen molar-refractivity contribution >= 4 is 11.6 Å². The van der Waals surface area contributed by atoms with Gasteiger partial charge in [-0.2, -0.15) is 0 Å². The van der Waals surface area contributed by atoms with Crippen LogP contribution in [0, 0.1) is 12.7 Å². The first-order valence-corrected chi connectivity index (χ1v) is 11.2. The SMILES string of the molecule is CCN(CCOC)CCn1cnc(-c2ccc(F)c(C)c2)c1-c1ccc2ncc(C(N)=O)n2c1. The van der Waals surface area contributed by atoms with Gasteiger partial charge in [0.2, 0.25) is 0 Å². The van der Waals surface area contributed by atoms with E-state index in [1.165, 1.54) is 12.3 Å². The Kier molecular flexibility index (Phi) is 7.04. The molecule has 2 N–H and O–H groups in total. The summed E-state index contributed by atoms with van der Waals surface area (Å²) >= 11 is 0. The zero-order valence-electron chi connectivity index (χ0n) is 19.7. The first-order valence-electron chi connectivity index (χ1n) is 11.2. The highest BCUT2D eigenvalue weighted by molar-refractivity contribution is 5.92. The molecule has 178 valence electrons. The molecule has 0 spiro atoms. The number of rotatable bonds is 10. The summed E-state index contributed by atoms with van der Waals surface area (Å²) in [5, 5.41) is 0. The summed E-state index contributed by atoms with van der Waals surface area (Å²) in [5.74, 6) is -0.809.